The highest BCUT2D eigenvalue weighted by molar-refractivity contribution is 5.90. The van der Waals surface area contributed by atoms with Crippen molar-refractivity contribution in [1.82, 2.24) is 5.32 Å². The zero-order valence-electron chi connectivity index (χ0n) is 11.2. The summed E-state index contributed by atoms with van der Waals surface area (Å²) < 4.78 is 5.30. The molecule has 0 aliphatic heterocycles. The van der Waals surface area contributed by atoms with Crippen molar-refractivity contribution in [3.8, 4) is 5.75 Å². The fourth-order valence-corrected chi connectivity index (χ4v) is 1.84. The van der Waals surface area contributed by atoms with Gasteiger partial charge in [-0.25, -0.2) is 4.79 Å². The molecule has 0 spiro atoms. The van der Waals surface area contributed by atoms with Gasteiger partial charge in [0.15, 0.2) is 0 Å². The molecule has 0 aromatic heterocycles. The molecule has 0 saturated heterocycles. The Bertz CT molecular complexity index is 569. The number of hydrogen-bond donors (Lipinski definition) is 2. The molecule has 0 saturated carbocycles. The zero-order chi connectivity index (χ0) is 14.4. The molecule has 0 bridgehead atoms. The lowest BCUT2D eigenvalue weighted by atomic mass is 10.1. The average Bonchev–Trinajstić information content (AvgIpc) is 2.48. The molecule has 2 N–H and O–H groups in total. The molecule has 0 aliphatic carbocycles. The maximum absolute atomic E-state index is 11.9. The standard InChI is InChI=1S/C16H17NO3/c1-17-11-15(18)13-8-5-9-14(10-13)20-16(19)12-6-3-2-4-7-12/h2-10,15,17-18H,11H2,1H3/t15-/m0/s1. The number of aliphatic hydroxyl groups excluding tert-OH is 1. The van der Waals surface area contributed by atoms with Crippen LogP contribution < -0.4 is 10.1 Å². The van der Waals surface area contributed by atoms with Crippen LogP contribution in [0.1, 0.15) is 22.0 Å². The maximum atomic E-state index is 11.9. The van der Waals surface area contributed by atoms with Gasteiger partial charge in [0, 0.05) is 6.54 Å². The Labute approximate surface area is 118 Å². The van der Waals surface area contributed by atoms with Gasteiger partial charge in [0.1, 0.15) is 5.75 Å². The van der Waals surface area contributed by atoms with E-state index in [9.17, 15) is 9.90 Å². The minimum atomic E-state index is -0.629. The van der Waals surface area contributed by atoms with Gasteiger partial charge in [-0.3, -0.25) is 0 Å². The van der Waals surface area contributed by atoms with E-state index in [-0.39, 0.29) is 0 Å². The van der Waals surface area contributed by atoms with Crippen LogP contribution in [0.25, 0.3) is 0 Å². The molecule has 0 heterocycles. The van der Waals surface area contributed by atoms with Crippen LogP contribution in [-0.4, -0.2) is 24.7 Å². The van der Waals surface area contributed by atoms with E-state index < -0.39 is 12.1 Å². The van der Waals surface area contributed by atoms with E-state index in [1.807, 2.05) is 6.07 Å². The lowest BCUT2D eigenvalue weighted by molar-refractivity contribution is 0.0734. The zero-order valence-corrected chi connectivity index (χ0v) is 11.2. The largest absolute Gasteiger partial charge is 0.423 e. The van der Waals surface area contributed by atoms with E-state index in [0.717, 1.165) is 0 Å². The van der Waals surface area contributed by atoms with Gasteiger partial charge in [0.25, 0.3) is 0 Å². The normalized spacial score (nSPS) is 11.9. The van der Waals surface area contributed by atoms with Crippen LogP contribution in [0.5, 0.6) is 5.75 Å². The van der Waals surface area contributed by atoms with E-state index in [0.29, 0.717) is 23.4 Å². The van der Waals surface area contributed by atoms with E-state index >= 15 is 0 Å². The lowest BCUT2D eigenvalue weighted by Gasteiger charge is -2.11. The van der Waals surface area contributed by atoms with Crippen LogP contribution in [0.3, 0.4) is 0 Å². The van der Waals surface area contributed by atoms with Gasteiger partial charge in [-0.05, 0) is 36.9 Å². The van der Waals surface area contributed by atoms with Crippen LogP contribution in [0.15, 0.2) is 54.6 Å². The second-order valence-electron chi connectivity index (χ2n) is 4.40. The van der Waals surface area contributed by atoms with E-state index in [1.165, 1.54) is 0 Å². The fourth-order valence-electron chi connectivity index (χ4n) is 1.84. The van der Waals surface area contributed by atoms with Crippen molar-refractivity contribution in [1.29, 1.82) is 0 Å². The Morgan fingerprint density at radius 2 is 1.95 bits per heavy atom. The first-order valence-corrected chi connectivity index (χ1v) is 6.40. The molecule has 1 atom stereocenters. The fraction of sp³-hybridized carbons (Fsp3) is 0.188. The van der Waals surface area contributed by atoms with Gasteiger partial charge in [-0.1, -0.05) is 30.3 Å². The summed E-state index contributed by atoms with van der Waals surface area (Å²) in [5, 5.41) is 12.8. The van der Waals surface area contributed by atoms with Crippen LogP contribution >= 0.6 is 0 Å². The van der Waals surface area contributed by atoms with Crippen molar-refractivity contribution >= 4 is 5.97 Å². The topological polar surface area (TPSA) is 58.6 Å². The van der Waals surface area contributed by atoms with Gasteiger partial charge in [0.2, 0.25) is 0 Å². The van der Waals surface area contributed by atoms with Crippen LogP contribution in [0, 0.1) is 0 Å². The third kappa shape index (κ3) is 3.66. The van der Waals surface area contributed by atoms with Crippen molar-refractivity contribution in [3.05, 3.63) is 65.7 Å². The molecular weight excluding hydrogens is 254 g/mol. The highest BCUT2D eigenvalue weighted by atomic mass is 16.5. The number of carbonyl (C=O) groups excluding carboxylic acids is 1. The summed E-state index contributed by atoms with van der Waals surface area (Å²) >= 11 is 0. The van der Waals surface area contributed by atoms with Crippen LogP contribution in [-0.2, 0) is 0 Å². The summed E-state index contributed by atoms with van der Waals surface area (Å²) in [4.78, 5) is 11.9. The third-order valence-electron chi connectivity index (χ3n) is 2.86. The molecule has 2 aromatic carbocycles. The van der Waals surface area contributed by atoms with Crippen molar-refractivity contribution in [2.45, 2.75) is 6.10 Å². The second-order valence-corrected chi connectivity index (χ2v) is 4.40. The lowest BCUT2D eigenvalue weighted by Crippen LogP contribution is -2.16. The number of ether oxygens (including phenoxy) is 1. The van der Waals surface area contributed by atoms with Crippen LogP contribution in [0.2, 0.25) is 0 Å². The van der Waals surface area contributed by atoms with Crippen molar-refractivity contribution in [3.63, 3.8) is 0 Å². The summed E-state index contributed by atoms with van der Waals surface area (Å²) in [5.41, 5.74) is 1.20. The molecule has 4 nitrogen and oxygen atoms in total. The Morgan fingerprint density at radius 1 is 1.20 bits per heavy atom. The first-order valence-electron chi connectivity index (χ1n) is 6.40. The highest BCUT2D eigenvalue weighted by Crippen LogP contribution is 2.20. The van der Waals surface area contributed by atoms with Gasteiger partial charge in [-0.15, -0.1) is 0 Å². The predicted octanol–water partition coefficient (Wildman–Crippen LogP) is 2.16. The van der Waals surface area contributed by atoms with Crippen molar-refractivity contribution in [2.75, 3.05) is 13.6 Å². The van der Waals surface area contributed by atoms with Crippen molar-refractivity contribution < 1.29 is 14.6 Å². The third-order valence-corrected chi connectivity index (χ3v) is 2.86. The van der Waals surface area contributed by atoms with Gasteiger partial charge >= 0.3 is 5.97 Å². The summed E-state index contributed by atoms with van der Waals surface area (Å²) in [5.74, 6) is 0.0114. The minimum absolute atomic E-state index is 0.411. The Hall–Kier alpha value is -2.17. The predicted molar refractivity (Wildman–Crippen MR) is 76.7 cm³/mol. The van der Waals surface area contributed by atoms with E-state index in [2.05, 4.69) is 5.32 Å². The van der Waals surface area contributed by atoms with Gasteiger partial charge in [-0.2, -0.15) is 0 Å². The summed E-state index contributed by atoms with van der Waals surface area (Å²) in [7, 11) is 1.77. The molecule has 0 fully saturated rings. The highest BCUT2D eigenvalue weighted by Gasteiger charge is 2.10. The molecule has 0 unspecified atom stereocenters. The summed E-state index contributed by atoms with van der Waals surface area (Å²) in [6, 6.07) is 15.7. The molecule has 0 amide bonds. The minimum Gasteiger partial charge on any atom is -0.423 e. The summed E-state index contributed by atoms with van der Waals surface area (Å²) in [6.45, 7) is 0.441. The number of nitrogens with one attached hydrogen (secondary N) is 1. The second kappa shape index (κ2) is 6.84. The molecule has 20 heavy (non-hydrogen) atoms. The number of esters is 1. The Balaban J connectivity index is 2.10. The molecule has 104 valence electrons. The quantitative estimate of drug-likeness (QED) is 0.646. The molecule has 2 rings (SSSR count). The molecule has 4 heteroatoms. The number of hydrogen-bond acceptors (Lipinski definition) is 4. The smallest absolute Gasteiger partial charge is 0.343 e. The van der Waals surface area contributed by atoms with E-state index in [4.69, 9.17) is 4.74 Å². The van der Waals surface area contributed by atoms with Crippen LogP contribution in [0.4, 0.5) is 0 Å². The molecule has 2 aromatic rings. The number of carbonyl (C=O) groups is 1. The Morgan fingerprint density at radius 3 is 2.65 bits per heavy atom. The molecular formula is C16H17NO3. The number of benzene rings is 2. The SMILES string of the molecule is CNC[C@H](O)c1cccc(OC(=O)c2ccccc2)c1. The molecule has 0 aliphatic rings. The summed E-state index contributed by atoms with van der Waals surface area (Å²) in [6.07, 6.45) is -0.629. The number of rotatable bonds is 5. The average molecular weight is 271 g/mol. The molecule has 0 radical (unpaired) electrons. The number of aliphatic hydroxyl groups is 1. The maximum Gasteiger partial charge on any atom is 0.343 e. The Kier molecular flexibility index (Phi) is 4.87. The number of likely N-dealkylation sites (N-methyl/N-ethyl adjacent to an activating group) is 1. The monoisotopic (exact) mass is 271 g/mol. The first kappa shape index (κ1) is 14.2. The van der Waals surface area contributed by atoms with Gasteiger partial charge < -0.3 is 15.2 Å². The van der Waals surface area contributed by atoms with Crippen molar-refractivity contribution in [2.24, 2.45) is 0 Å². The first-order chi connectivity index (χ1) is 9.70. The van der Waals surface area contributed by atoms with E-state index in [1.54, 1.807) is 55.6 Å². The van der Waals surface area contributed by atoms with Gasteiger partial charge in [0.05, 0.1) is 11.7 Å².